The van der Waals surface area contributed by atoms with Crippen molar-refractivity contribution in [3.63, 3.8) is 0 Å². The van der Waals surface area contributed by atoms with Gasteiger partial charge in [-0.25, -0.2) is 4.79 Å². The Labute approximate surface area is 194 Å². The van der Waals surface area contributed by atoms with Gasteiger partial charge in [-0.15, -0.1) is 0 Å². The third-order valence-electron chi connectivity index (χ3n) is 9.87. The number of hydrogen-bond donors (Lipinski definition) is 4. The lowest BCUT2D eigenvalue weighted by molar-refractivity contribution is -0.282. The minimum absolute atomic E-state index is 0.0378. The molecule has 3 saturated carbocycles. The van der Waals surface area contributed by atoms with Crippen molar-refractivity contribution in [1.29, 1.82) is 0 Å². The summed E-state index contributed by atoms with van der Waals surface area (Å²) in [4.78, 5) is 25.3. The zero-order valence-electron chi connectivity index (χ0n) is 19.4. The Morgan fingerprint density at radius 1 is 1.00 bits per heavy atom. The third-order valence-corrected chi connectivity index (χ3v) is 9.87. The van der Waals surface area contributed by atoms with Crippen molar-refractivity contribution in [2.24, 2.45) is 28.6 Å². The van der Waals surface area contributed by atoms with Crippen LogP contribution in [-0.4, -0.2) is 69.0 Å². The highest BCUT2D eigenvalue weighted by Crippen LogP contribution is 2.64. The molecule has 0 spiro atoms. The second-order valence-corrected chi connectivity index (χ2v) is 11.4. The lowest BCUT2D eigenvalue weighted by Gasteiger charge is -2.56. The third kappa shape index (κ3) is 3.52. The first-order valence-electron chi connectivity index (χ1n) is 12.4. The summed E-state index contributed by atoms with van der Waals surface area (Å²) in [5.74, 6) is 1.13. The van der Waals surface area contributed by atoms with Gasteiger partial charge in [0.2, 0.25) is 0 Å². The Kier molecular flexibility index (Phi) is 5.77. The molecule has 1 saturated heterocycles. The molecular formula is C25H36O8. The number of hydrogen-bond acceptors (Lipinski definition) is 8. The molecular weight excluding hydrogens is 428 g/mol. The topological polar surface area (TPSA) is 134 Å². The van der Waals surface area contributed by atoms with E-state index < -0.39 is 36.7 Å². The second-order valence-electron chi connectivity index (χ2n) is 11.4. The molecule has 0 aromatic carbocycles. The molecule has 1 unspecified atom stereocenters. The Morgan fingerprint density at radius 3 is 2.45 bits per heavy atom. The SMILES string of the molecule is C[C@@]12CC[C@H]3[C@@H](CC=C4C[C@@H](OC(=O)[C@H]5OC(O)[C@H](O)[C@@H](O)[C@@H]5O)CC[C@@]43C)[C@@H]1CCC2=O. The lowest BCUT2D eigenvalue weighted by atomic mass is 9.48. The maximum atomic E-state index is 12.7. The van der Waals surface area contributed by atoms with Gasteiger partial charge in [-0.1, -0.05) is 25.5 Å². The molecule has 5 aliphatic rings. The van der Waals surface area contributed by atoms with Crippen molar-refractivity contribution in [3.05, 3.63) is 11.6 Å². The van der Waals surface area contributed by atoms with Crippen LogP contribution in [0.4, 0.5) is 0 Å². The summed E-state index contributed by atoms with van der Waals surface area (Å²) >= 11 is 0. The van der Waals surface area contributed by atoms with Gasteiger partial charge in [-0.2, -0.15) is 0 Å². The first-order valence-corrected chi connectivity index (χ1v) is 12.4. The number of Topliss-reactive ketones (excluding diaryl/α,β-unsaturated/α-hetero) is 1. The highest BCUT2D eigenvalue weighted by atomic mass is 16.7. The highest BCUT2D eigenvalue weighted by molar-refractivity contribution is 5.87. The van der Waals surface area contributed by atoms with E-state index in [1.165, 1.54) is 5.57 Å². The zero-order valence-corrected chi connectivity index (χ0v) is 19.4. The molecule has 0 bridgehead atoms. The number of fused-ring (bicyclic) bond motifs is 5. The largest absolute Gasteiger partial charge is 0.460 e. The van der Waals surface area contributed by atoms with Crippen molar-refractivity contribution < 1.29 is 39.5 Å². The Balaban J connectivity index is 1.27. The lowest BCUT2D eigenvalue weighted by Crippen LogP contribution is -2.60. The van der Waals surface area contributed by atoms with Crippen LogP contribution in [-0.2, 0) is 19.1 Å². The summed E-state index contributed by atoms with van der Waals surface area (Å²) < 4.78 is 10.7. The number of aliphatic hydroxyl groups is 4. The molecule has 4 aliphatic carbocycles. The molecule has 8 nitrogen and oxygen atoms in total. The summed E-state index contributed by atoms with van der Waals surface area (Å²) in [6, 6.07) is 0. The zero-order chi connectivity index (χ0) is 23.7. The van der Waals surface area contributed by atoms with Gasteiger partial charge in [0.05, 0.1) is 0 Å². The fourth-order valence-electron chi connectivity index (χ4n) is 7.79. The van der Waals surface area contributed by atoms with Gasteiger partial charge in [0.25, 0.3) is 0 Å². The summed E-state index contributed by atoms with van der Waals surface area (Å²) in [5, 5.41) is 39.3. The average molecular weight is 465 g/mol. The summed E-state index contributed by atoms with van der Waals surface area (Å²) in [7, 11) is 0. The molecule has 4 fully saturated rings. The minimum atomic E-state index is -1.77. The van der Waals surface area contributed by atoms with E-state index >= 15 is 0 Å². The standard InChI is InChI=1S/C25H36O8/c1-24-9-7-13(32-23(31)21-19(28)18(27)20(29)22(30)33-21)11-12(24)3-4-14-15-5-6-17(26)25(15,2)10-8-16(14)24/h3,13-16,18-22,27-30H,4-11H2,1-2H3/t13-,14-,15-,16-,18-,19-,20+,21-,22?,24-,25+/m0/s1. The number of ketones is 1. The van der Waals surface area contributed by atoms with Gasteiger partial charge >= 0.3 is 5.97 Å². The molecule has 1 aliphatic heterocycles. The number of esters is 1. The van der Waals surface area contributed by atoms with Crippen LogP contribution in [0.15, 0.2) is 11.6 Å². The van der Waals surface area contributed by atoms with Crippen molar-refractivity contribution >= 4 is 11.8 Å². The quantitative estimate of drug-likeness (QED) is 0.354. The van der Waals surface area contributed by atoms with Gasteiger partial charge in [-0.05, 0) is 61.7 Å². The van der Waals surface area contributed by atoms with Crippen LogP contribution in [0.3, 0.4) is 0 Å². The van der Waals surface area contributed by atoms with E-state index in [0.717, 1.165) is 32.1 Å². The van der Waals surface area contributed by atoms with Crippen LogP contribution in [0.2, 0.25) is 0 Å². The van der Waals surface area contributed by atoms with Gasteiger partial charge in [-0.3, -0.25) is 4.79 Å². The Bertz CT molecular complexity index is 855. The van der Waals surface area contributed by atoms with E-state index in [9.17, 15) is 30.0 Å². The molecule has 0 amide bonds. The minimum Gasteiger partial charge on any atom is -0.460 e. The van der Waals surface area contributed by atoms with Crippen LogP contribution in [0.25, 0.3) is 0 Å². The molecule has 4 N–H and O–H groups in total. The van der Waals surface area contributed by atoms with Gasteiger partial charge in [0, 0.05) is 18.3 Å². The number of carbonyl (C=O) groups excluding carboxylic acids is 2. The normalized spacial score (nSPS) is 51.8. The van der Waals surface area contributed by atoms with Crippen LogP contribution in [0.1, 0.15) is 65.2 Å². The van der Waals surface area contributed by atoms with Gasteiger partial charge < -0.3 is 29.9 Å². The van der Waals surface area contributed by atoms with Crippen molar-refractivity contribution in [2.75, 3.05) is 0 Å². The molecule has 184 valence electrons. The van der Waals surface area contributed by atoms with Crippen LogP contribution >= 0.6 is 0 Å². The van der Waals surface area contributed by atoms with E-state index in [2.05, 4.69) is 19.9 Å². The summed E-state index contributed by atoms with van der Waals surface area (Å²) in [5.41, 5.74) is 1.19. The van der Waals surface area contributed by atoms with E-state index in [4.69, 9.17) is 9.47 Å². The highest BCUT2D eigenvalue weighted by Gasteiger charge is 2.59. The fourth-order valence-corrected chi connectivity index (χ4v) is 7.79. The maximum Gasteiger partial charge on any atom is 0.338 e. The number of carbonyl (C=O) groups is 2. The monoisotopic (exact) mass is 464 g/mol. The fraction of sp³-hybridized carbons (Fsp3) is 0.840. The summed E-state index contributed by atoms with van der Waals surface area (Å²) in [6.45, 7) is 4.50. The maximum absolute atomic E-state index is 12.7. The summed E-state index contributed by atoms with van der Waals surface area (Å²) in [6.07, 6.45) is 0.446. The average Bonchev–Trinajstić information content (AvgIpc) is 3.09. The van der Waals surface area contributed by atoms with Crippen LogP contribution < -0.4 is 0 Å². The van der Waals surface area contributed by atoms with Crippen molar-refractivity contribution in [3.8, 4) is 0 Å². The predicted molar refractivity (Wildman–Crippen MR) is 115 cm³/mol. The number of ether oxygens (including phenoxy) is 2. The molecule has 11 atom stereocenters. The van der Waals surface area contributed by atoms with E-state index in [-0.39, 0.29) is 16.9 Å². The van der Waals surface area contributed by atoms with Gasteiger partial charge in [0.15, 0.2) is 12.4 Å². The van der Waals surface area contributed by atoms with Gasteiger partial charge in [0.1, 0.15) is 30.2 Å². The molecule has 0 aromatic heterocycles. The Hall–Kier alpha value is -1.32. The Morgan fingerprint density at radius 2 is 1.70 bits per heavy atom. The molecule has 5 rings (SSSR count). The smallest absolute Gasteiger partial charge is 0.338 e. The van der Waals surface area contributed by atoms with Crippen molar-refractivity contribution in [1.82, 2.24) is 0 Å². The molecule has 33 heavy (non-hydrogen) atoms. The number of aliphatic hydroxyl groups excluding tert-OH is 4. The van der Waals surface area contributed by atoms with E-state index in [1.807, 2.05) is 0 Å². The van der Waals surface area contributed by atoms with E-state index in [1.54, 1.807) is 0 Å². The van der Waals surface area contributed by atoms with Crippen LogP contribution in [0.5, 0.6) is 0 Å². The molecule has 0 radical (unpaired) electrons. The first kappa shape index (κ1) is 23.4. The molecule has 0 aromatic rings. The number of allylic oxidation sites excluding steroid dienone is 1. The predicted octanol–water partition coefficient (Wildman–Crippen LogP) is 1.23. The molecule has 8 heteroatoms. The molecule has 1 heterocycles. The number of rotatable bonds is 2. The van der Waals surface area contributed by atoms with Crippen molar-refractivity contribution in [2.45, 2.75) is 102 Å². The second kappa shape index (κ2) is 8.12. The first-order chi connectivity index (χ1) is 15.6. The van der Waals surface area contributed by atoms with E-state index in [0.29, 0.717) is 42.8 Å². The van der Waals surface area contributed by atoms with Crippen LogP contribution in [0, 0.1) is 28.6 Å².